The molecule has 0 unspecified atom stereocenters. The van der Waals surface area contributed by atoms with Gasteiger partial charge in [-0.3, -0.25) is 6.08 Å². The number of imidazole rings is 1. The first kappa shape index (κ1) is 22.8. The maximum atomic E-state index is 4.03. The minimum Gasteiger partial charge on any atom is -1.00 e. The van der Waals surface area contributed by atoms with Gasteiger partial charge in [0.1, 0.15) is 0 Å². The number of benzene rings is 1. The van der Waals surface area contributed by atoms with Gasteiger partial charge in [0.2, 0.25) is 0 Å². The van der Waals surface area contributed by atoms with E-state index < -0.39 is 0 Å². The van der Waals surface area contributed by atoms with E-state index >= 15 is 0 Å². The molecule has 1 aromatic heterocycles. The largest absolute Gasteiger partial charge is 4.00 e. The van der Waals surface area contributed by atoms with E-state index in [-0.39, 0.29) is 46.5 Å². The van der Waals surface area contributed by atoms with Crippen LogP contribution < -0.4 is 24.8 Å². The topological polar surface area (TPSA) is 17.8 Å². The average Bonchev–Trinajstić information content (AvgIpc) is 3.21. The van der Waals surface area contributed by atoms with Crippen molar-refractivity contribution in [3.8, 4) is 5.69 Å². The van der Waals surface area contributed by atoms with Gasteiger partial charge in [0.15, 0.2) is 0 Å². The van der Waals surface area contributed by atoms with Crippen molar-refractivity contribution in [2.24, 2.45) is 0 Å². The van der Waals surface area contributed by atoms with Crippen LogP contribution in [0.5, 0.6) is 0 Å². The summed E-state index contributed by atoms with van der Waals surface area (Å²) in [7, 11) is 0. The molecule has 5 heteroatoms. The maximum absolute atomic E-state index is 4.03. The zero-order valence-corrected chi connectivity index (χ0v) is 16.7. The molecule has 0 spiro atoms. The monoisotopic (exact) mass is 392 g/mol. The predicted octanol–water partition coefficient (Wildman–Crippen LogP) is -1.16. The molecule has 2 nitrogen and oxygen atoms in total. The molecule has 0 atom stereocenters. The van der Waals surface area contributed by atoms with Crippen LogP contribution in [0, 0.1) is 6.08 Å². The number of allylic oxidation sites excluding steroid dienone is 4. The third-order valence-electron chi connectivity index (χ3n) is 3.77. The molecule has 0 amide bonds. The minimum absolute atomic E-state index is 0. The Morgan fingerprint density at radius 1 is 1.17 bits per heavy atom. The fourth-order valence-corrected chi connectivity index (χ4v) is 2.34. The standard InChI is InChI=1S/C12H9N2.C7H9.2ClH.Ti/c1-2-4-11-8-12(7-10(11)3-1)14-6-5-13-9-14;1-6-4-3-5-7(6)2;;;/h1-9H;4H,3H2,1-2H3;2*1H;/q2*-1;;;+4/p-2. The summed E-state index contributed by atoms with van der Waals surface area (Å²) in [5, 5.41) is 2.55. The molecular formula is C19H18Cl2N2Ti. The maximum Gasteiger partial charge on any atom is 4.00 e. The second-order valence-corrected chi connectivity index (χ2v) is 5.21. The van der Waals surface area contributed by atoms with E-state index in [0.717, 1.165) is 6.42 Å². The van der Waals surface area contributed by atoms with Gasteiger partial charge in [0.05, 0.1) is 6.33 Å². The third kappa shape index (κ3) is 5.42. The van der Waals surface area contributed by atoms with E-state index in [2.05, 4.69) is 67.4 Å². The summed E-state index contributed by atoms with van der Waals surface area (Å²) in [6.45, 7) is 4.22. The van der Waals surface area contributed by atoms with E-state index in [0.29, 0.717) is 0 Å². The van der Waals surface area contributed by atoms with Crippen LogP contribution in [0.2, 0.25) is 0 Å². The molecule has 1 aliphatic rings. The van der Waals surface area contributed by atoms with Gasteiger partial charge in [0.25, 0.3) is 0 Å². The number of aromatic nitrogens is 2. The Bertz CT molecular complexity index is 753. The van der Waals surface area contributed by atoms with Crippen molar-refractivity contribution in [2.45, 2.75) is 20.3 Å². The van der Waals surface area contributed by atoms with Crippen molar-refractivity contribution in [1.82, 2.24) is 9.55 Å². The molecule has 2 aromatic carbocycles. The van der Waals surface area contributed by atoms with E-state index in [1.165, 1.54) is 27.6 Å². The van der Waals surface area contributed by atoms with Crippen LogP contribution in [0.25, 0.3) is 16.5 Å². The van der Waals surface area contributed by atoms with Gasteiger partial charge >= 0.3 is 21.7 Å². The van der Waals surface area contributed by atoms with E-state index in [4.69, 9.17) is 0 Å². The van der Waals surface area contributed by atoms with E-state index in [9.17, 15) is 0 Å². The number of hydrogen-bond acceptors (Lipinski definition) is 1. The number of hydrogen-bond donors (Lipinski definition) is 0. The van der Waals surface area contributed by atoms with Gasteiger partial charge in [-0.25, -0.2) is 16.1 Å². The van der Waals surface area contributed by atoms with E-state index in [1.807, 2.05) is 17.1 Å². The summed E-state index contributed by atoms with van der Waals surface area (Å²) in [6.07, 6.45) is 12.0. The van der Waals surface area contributed by atoms with Crippen molar-refractivity contribution in [3.05, 3.63) is 78.4 Å². The number of fused-ring (bicyclic) bond motifs is 1. The molecule has 0 saturated carbocycles. The second kappa shape index (κ2) is 10.6. The Labute approximate surface area is 170 Å². The molecule has 0 saturated heterocycles. The summed E-state index contributed by atoms with van der Waals surface area (Å²) in [6, 6.07) is 12.7. The van der Waals surface area contributed by atoms with Crippen LogP contribution in [0.4, 0.5) is 0 Å². The van der Waals surface area contributed by atoms with Crippen LogP contribution in [-0.2, 0) is 21.7 Å². The zero-order chi connectivity index (χ0) is 14.7. The Kier molecular flexibility index (Phi) is 10.1. The molecule has 0 radical (unpaired) electrons. The molecular weight excluding hydrogens is 375 g/mol. The van der Waals surface area contributed by atoms with E-state index in [1.54, 1.807) is 6.20 Å². The second-order valence-electron chi connectivity index (χ2n) is 5.21. The third-order valence-corrected chi connectivity index (χ3v) is 3.77. The van der Waals surface area contributed by atoms with Crippen LogP contribution in [0.3, 0.4) is 0 Å². The fraction of sp³-hybridized carbons (Fsp3) is 0.158. The number of rotatable bonds is 1. The summed E-state index contributed by atoms with van der Waals surface area (Å²) in [5.41, 5.74) is 3.88. The summed E-state index contributed by atoms with van der Waals surface area (Å²) in [5.74, 6) is 0. The number of nitrogens with zero attached hydrogens (tertiary/aromatic N) is 2. The summed E-state index contributed by atoms with van der Waals surface area (Å²) in [4.78, 5) is 4.03. The Morgan fingerprint density at radius 2 is 1.92 bits per heavy atom. The molecule has 0 aliphatic heterocycles. The smallest absolute Gasteiger partial charge is 1.00 e. The molecule has 122 valence electrons. The molecule has 0 bridgehead atoms. The van der Waals surface area contributed by atoms with Crippen LogP contribution in [0.1, 0.15) is 20.3 Å². The molecule has 1 aliphatic carbocycles. The predicted molar refractivity (Wildman–Crippen MR) is 87.5 cm³/mol. The van der Waals surface area contributed by atoms with Crippen LogP contribution >= 0.6 is 0 Å². The van der Waals surface area contributed by atoms with Crippen LogP contribution in [0.15, 0.2) is 72.3 Å². The summed E-state index contributed by atoms with van der Waals surface area (Å²) < 4.78 is 2.01. The van der Waals surface area contributed by atoms with Crippen molar-refractivity contribution < 1.29 is 46.5 Å². The van der Waals surface area contributed by atoms with Crippen molar-refractivity contribution >= 4 is 10.8 Å². The van der Waals surface area contributed by atoms with Gasteiger partial charge in [-0.05, 0) is 5.69 Å². The normalized spacial score (nSPS) is 11.9. The number of halogens is 2. The van der Waals surface area contributed by atoms with Crippen molar-refractivity contribution in [3.63, 3.8) is 0 Å². The van der Waals surface area contributed by atoms with Gasteiger partial charge in [0, 0.05) is 12.4 Å². The SMILES string of the molecule is CC1=[C-]CC=C1C.[Cl-].[Cl-].[Ti+4].c1ccc2[cH-]c(-n3ccnc3)cc2c1. The van der Waals surface area contributed by atoms with Gasteiger partial charge in [-0.2, -0.15) is 6.08 Å². The van der Waals surface area contributed by atoms with Crippen molar-refractivity contribution in [2.75, 3.05) is 0 Å². The van der Waals surface area contributed by atoms with Crippen LogP contribution in [-0.4, -0.2) is 9.55 Å². The molecule has 4 rings (SSSR count). The quantitative estimate of drug-likeness (QED) is 0.377. The Hall–Kier alpha value is -1.19. The minimum atomic E-state index is 0. The first-order valence-electron chi connectivity index (χ1n) is 7.12. The Morgan fingerprint density at radius 3 is 2.42 bits per heavy atom. The molecule has 0 N–H and O–H groups in total. The first-order valence-corrected chi connectivity index (χ1v) is 7.12. The zero-order valence-electron chi connectivity index (χ0n) is 13.6. The molecule has 24 heavy (non-hydrogen) atoms. The van der Waals surface area contributed by atoms with Gasteiger partial charge in [-0.1, -0.05) is 13.0 Å². The molecule has 1 heterocycles. The average molecular weight is 393 g/mol. The molecule has 3 aromatic rings. The molecule has 0 fully saturated rings. The van der Waals surface area contributed by atoms with Crippen molar-refractivity contribution in [1.29, 1.82) is 0 Å². The van der Waals surface area contributed by atoms with Gasteiger partial charge < -0.3 is 29.4 Å². The first-order chi connectivity index (χ1) is 10.2. The fourth-order valence-electron chi connectivity index (χ4n) is 2.34. The summed E-state index contributed by atoms with van der Waals surface area (Å²) >= 11 is 0. The Balaban J connectivity index is 0.000000463. The van der Waals surface area contributed by atoms with Gasteiger partial charge in [-0.15, -0.1) is 54.4 Å².